The Bertz CT molecular complexity index is 4040. The number of hydrogen-bond donors (Lipinski definition) is 0. The Labute approximate surface area is 688 Å². The van der Waals surface area contributed by atoms with Crippen LogP contribution in [0.5, 0.6) is 0 Å². The third-order valence-electron chi connectivity index (χ3n) is 22.9. The molecule has 0 aliphatic carbocycles. The van der Waals surface area contributed by atoms with E-state index in [0.717, 1.165) is 66.1 Å². The third-order valence-corrected chi connectivity index (χ3v) is 32.9. The molecule has 2 amide bonds. The molecule has 0 saturated heterocycles. The number of rotatable bonds is 56. The number of hydrogen-bond acceptors (Lipinski definition) is 10. The largest absolute Gasteiger partial charge is 0.306 e. The second-order valence-electron chi connectivity index (χ2n) is 32.1. The topological polar surface area (TPSA) is 40.6 Å². The van der Waals surface area contributed by atoms with Crippen molar-refractivity contribution >= 4 is 114 Å². The molecule has 2 aliphatic rings. The molecule has 12 heteroatoms. The van der Waals surface area contributed by atoms with E-state index in [9.17, 15) is 0 Å². The molecule has 8 aromatic rings. The van der Waals surface area contributed by atoms with E-state index in [2.05, 4.69) is 163 Å². The molecule has 10 rings (SSSR count). The van der Waals surface area contributed by atoms with Gasteiger partial charge >= 0.3 is 0 Å². The normalized spacial score (nSPS) is 13.9. The highest BCUT2D eigenvalue weighted by Gasteiger charge is 2.50. The van der Waals surface area contributed by atoms with Gasteiger partial charge in [0.2, 0.25) is 0 Å². The Morgan fingerprint density at radius 1 is 0.259 bits per heavy atom. The van der Waals surface area contributed by atoms with Crippen molar-refractivity contribution < 1.29 is 9.59 Å². The fourth-order valence-corrected chi connectivity index (χ4v) is 26.1. The number of aryl methyl sites for hydroxylation is 6. The highest BCUT2D eigenvalue weighted by molar-refractivity contribution is 7.30. The van der Waals surface area contributed by atoms with E-state index in [4.69, 9.17) is 0 Å². The maximum Gasteiger partial charge on any atom is 0.261 e. The number of carbonyl (C=O) groups is 2. The lowest BCUT2D eigenvalue weighted by atomic mass is 9.93. The highest BCUT2D eigenvalue weighted by Crippen LogP contribution is 2.54. The molecule has 0 spiro atoms. The molecule has 0 N–H and O–H groups in total. The first kappa shape index (κ1) is 86.4. The van der Waals surface area contributed by atoms with Gasteiger partial charge in [0.25, 0.3) is 11.8 Å². The summed E-state index contributed by atoms with van der Waals surface area (Å²) in [6.07, 6.45) is 53.8. The third kappa shape index (κ3) is 24.1. The van der Waals surface area contributed by atoms with Crippen molar-refractivity contribution in [2.75, 3.05) is 13.1 Å². The average Bonchev–Trinajstić information content (AvgIpc) is 1.55. The SMILES string of the molecule is CCCCCCCCC(CCCCCC)CN1C(=O)C2=C(c3ccc(-c4cc(CCCCCC)c(-c5ccc(-c6cc(CCCCCC)c(-c7sc(C)cc7CCCCCC)s6)s5)s4)s3)N(CC(CCCCCC)CCCCCCCC)C(=O)C2=C1c1ccc(-c2cc(CCCCCC)c(-c3ccc(C)s3)s2)s1. The van der Waals surface area contributed by atoms with Crippen LogP contribution >= 0.6 is 90.7 Å². The molecule has 0 fully saturated rings. The molecule has 0 bridgehead atoms. The van der Waals surface area contributed by atoms with Crippen molar-refractivity contribution in [2.24, 2.45) is 11.8 Å². The Balaban J connectivity index is 1.08. The molecule has 2 aliphatic heterocycles. The molecule has 8 aromatic heterocycles. The maximum atomic E-state index is 16.7. The fourth-order valence-electron chi connectivity index (χ4n) is 16.6. The second-order valence-corrected chi connectivity index (χ2v) is 41.0. The Morgan fingerprint density at radius 3 is 0.907 bits per heavy atom. The summed E-state index contributed by atoms with van der Waals surface area (Å²) in [5, 5.41) is 0. The van der Waals surface area contributed by atoms with Gasteiger partial charge in [0.1, 0.15) is 0 Å². The lowest BCUT2D eigenvalue weighted by Crippen LogP contribution is -2.34. The summed E-state index contributed by atoms with van der Waals surface area (Å²) in [7, 11) is 0. The minimum atomic E-state index is 0.0459. The van der Waals surface area contributed by atoms with Crippen LogP contribution in [0, 0.1) is 25.7 Å². The molecule has 108 heavy (non-hydrogen) atoms. The van der Waals surface area contributed by atoms with E-state index < -0.39 is 0 Å². The summed E-state index contributed by atoms with van der Waals surface area (Å²) in [6, 6.07) is 28.9. The van der Waals surface area contributed by atoms with Crippen molar-refractivity contribution in [3.05, 3.63) is 126 Å². The lowest BCUT2D eigenvalue weighted by molar-refractivity contribution is -0.124. The van der Waals surface area contributed by atoms with Crippen molar-refractivity contribution in [3.8, 4) is 58.5 Å². The fraction of sp³-hybridized carbons (Fsp3) is 0.604. The van der Waals surface area contributed by atoms with Gasteiger partial charge in [-0.25, -0.2) is 0 Å². The first-order chi connectivity index (χ1) is 52.9. The molecule has 0 aromatic carbocycles. The van der Waals surface area contributed by atoms with E-state index in [0.29, 0.717) is 36.1 Å². The van der Waals surface area contributed by atoms with Crippen LogP contribution in [0.1, 0.15) is 354 Å². The Hall–Kier alpha value is -3.98. The smallest absolute Gasteiger partial charge is 0.261 e. The zero-order valence-electron chi connectivity index (χ0n) is 68.6. The molecular weight excluding hydrogens is 1470 g/mol. The van der Waals surface area contributed by atoms with Crippen LogP contribution in [0.25, 0.3) is 69.9 Å². The van der Waals surface area contributed by atoms with E-state index in [-0.39, 0.29) is 11.8 Å². The predicted molar refractivity (Wildman–Crippen MR) is 487 cm³/mol. The van der Waals surface area contributed by atoms with Gasteiger partial charge in [-0.2, -0.15) is 0 Å². The van der Waals surface area contributed by atoms with Crippen LogP contribution in [0.4, 0.5) is 0 Å². The summed E-state index contributed by atoms with van der Waals surface area (Å²) in [4.78, 5) is 59.1. The van der Waals surface area contributed by atoms with Crippen LogP contribution in [-0.2, 0) is 35.3 Å². The number of unbranched alkanes of at least 4 members (excludes halogenated alkanes) is 28. The van der Waals surface area contributed by atoms with E-state index in [1.165, 1.54) is 317 Å². The molecule has 0 radical (unpaired) electrons. The van der Waals surface area contributed by atoms with Crippen LogP contribution < -0.4 is 0 Å². The van der Waals surface area contributed by atoms with Gasteiger partial charge in [0.15, 0.2) is 0 Å². The quantitative estimate of drug-likeness (QED) is 0.0357. The monoisotopic (exact) mass is 1600 g/mol. The molecule has 0 saturated carbocycles. The molecule has 2 unspecified atom stereocenters. The zero-order valence-corrected chi connectivity index (χ0v) is 75.1. The lowest BCUT2D eigenvalue weighted by Gasteiger charge is -2.29. The van der Waals surface area contributed by atoms with Crippen molar-refractivity contribution in [3.63, 3.8) is 0 Å². The van der Waals surface area contributed by atoms with Crippen molar-refractivity contribution in [1.29, 1.82) is 0 Å². The van der Waals surface area contributed by atoms with E-state index in [1.54, 1.807) is 11.1 Å². The summed E-state index contributed by atoms with van der Waals surface area (Å²) in [5.41, 5.74) is 9.12. The summed E-state index contributed by atoms with van der Waals surface area (Å²) < 4.78 is 0. The van der Waals surface area contributed by atoms with Crippen molar-refractivity contribution in [1.82, 2.24) is 9.80 Å². The average molecular weight is 1610 g/mol. The van der Waals surface area contributed by atoms with Crippen LogP contribution in [-0.4, -0.2) is 34.7 Å². The first-order valence-electron chi connectivity index (χ1n) is 43.9. The van der Waals surface area contributed by atoms with E-state index >= 15 is 9.59 Å². The van der Waals surface area contributed by atoms with Gasteiger partial charge in [-0.3, -0.25) is 9.59 Å². The van der Waals surface area contributed by atoms with Crippen LogP contribution in [0.2, 0.25) is 0 Å². The van der Waals surface area contributed by atoms with Gasteiger partial charge in [-0.15, -0.1) is 90.7 Å². The summed E-state index contributed by atoms with van der Waals surface area (Å²) >= 11 is 15.5. The van der Waals surface area contributed by atoms with Gasteiger partial charge in [0.05, 0.1) is 32.3 Å². The summed E-state index contributed by atoms with van der Waals surface area (Å²) in [5.74, 6) is 0.785. The Kier molecular flexibility index (Phi) is 37.1. The van der Waals surface area contributed by atoms with Gasteiger partial charge in [0, 0.05) is 81.4 Å². The number of thiophene rings is 8. The molecule has 590 valence electrons. The molecule has 2 atom stereocenters. The number of carbonyl (C=O) groups excluding carboxylic acids is 2. The van der Waals surface area contributed by atoms with E-state index in [1.807, 2.05) is 79.4 Å². The van der Waals surface area contributed by atoms with Gasteiger partial charge in [-0.05, 0) is 198 Å². The molecule has 10 heterocycles. The van der Waals surface area contributed by atoms with Crippen LogP contribution in [0.3, 0.4) is 0 Å². The minimum Gasteiger partial charge on any atom is -0.306 e. The molecular formula is C96H136N2O2S8. The number of fused-ring (bicyclic) bond motifs is 1. The highest BCUT2D eigenvalue weighted by atomic mass is 32.1. The van der Waals surface area contributed by atoms with Crippen molar-refractivity contribution in [2.45, 2.75) is 352 Å². The number of amides is 2. The standard InChI is InChI=1S/C96H136N2O2S8/c1-11-19-27-35-37-41-49-71(47-39-29-21-13-3)67-97-89(80-60-57-77(103-80)84-64-74(52-44-32-24-16-6)91(106-84)82-56-55-69(9)101-82)87-88(96(97)100)90(98(95(87)99)68-72(48-40-30-22-14-4)50-42-38-36-28-20-12-2)81-61-58-78(104-81)85-65-75(53-45-33-25-17-7)92(107-85)83-62-59-79(105-83)86-66-76(54-46-34-26-18-8)94(108-86)93-73(63-70(10)102-93)51-43-31-23-15-5/h55-66,71-72H,11-54,67-68H2,1-10H3. The zero-order chi connectivity index (χ0) is 76.0. The number of nitrogens with zero attached hydrogens (tertiary/aromatic N) is 2. The second kappa shape index (κ2) is 46.4. The minimum absolute atomic E-state index is 0.0459. The van der Waals surface area contributed by atoms with Gasteiger partial charge in [-0.1, -0.05) is 261 Å². The predicted octanol–water partition coefficient (Wildman–Crippen LogP) is 33.8. The van der Waals surface area contributed by atoms with Crippen LogP contribution in [0.15, 0.2) is 83.9 Å². The summed E-state index contributed by atoms with van der Waals surface area (Å²) in [6.45, 7) is 24.4. The molecule has 4 nitrogen and oxygen atoms in total. The first-order valence-corrected chi connectivity index (χ1v) is 50.5. The maximum absolute atomic E-state index is 16.7. The Morgan fingerprint density at radius 2 is 0.537 bits per heavy atom. The van der Waals surface area contributed by atoms with Gasteiger partial charge < -0.3 is 9.80 Å².